The number of pyridine rings is 1. The van der Waals surface area contributed by atoms with Crippen molar-refractivity contribution in [3.05, 3.63) is 41.9 Å². The topological polar surface area (TPSA) is 107 Å². The van der Waals surface area contributed by atoms with E-state index >= 15 is 0 Å². The van der Waals surface area contributed by atoms with E-state index in [2.05, 4.69) is 37.8 Å². The Morgan fingerprint density at radius 2 is 2.29 bits per heavy atom. The Balaban J connectivity index is 1.44. The lowest BCUT2D eigenvalue weighted by Gasteiger charge is -2.25. The quantitative estimate of drug-likeness (QED) is 0.472. The summed E-state index contributed by atoms with van der Waals surface area (Å²) in [6, 6.07) is 6.07. The van der Waals surface area contributed by atoms with Crippen LogP contribution in [0.1, 0.15) is 30.8 Å². The molecule has 0 saturated heterocycles. The van der Waals surface area contributed by atoms with Crippen LogP contribution in [0.2, 0.25) is 0 Å². The zero-order valence-corrected chi connectivity index (χ0v) is 16.2. The number of aryl methyl sites for hydroxylation is 1. The maximum atomic E-state index is 5.13. The zero-order chi connectivity index (χ0) is 19.3. The van der Waals surface area contributed by atoms with Gasteiger partial charge in [0.15, 0.2) is 23.3 Å². The van der Waals surface area contributed by atoms with Gasteiger partial charge < -0.3 is 15.4 Å². The number of ether oxygens (including phenoxy) is 1. The van der Waals surface area contributed by atoms with Gasteiger partial charge in [-0.1, -0.05) is 6.07 Å². The van der Waals surface area contributed by atoms with E-state index in [-0.39, 0.29) is 6.04 Å². The summed E-state index contributed by atoms with van der Waals surface area (Å²) in [7, 11) is 1.65. The molecule has 1 unspecified atom stereocenters. The van der Waals surface area contributed by atoms with Crippen molar-refractivity contribution >= 4 is 11.6 Å². The van der Waals surface area contributed by atoms with Crippen molar-refractivity contribution in [2.75, 3.05) is 13.7 Å². The largest absolute Gasteiger partial charge is 0.377 e. The Kier molecular flexibility index (Phi) is 5.47. The molecule has 3 aromatic rings. The summed E-state index contributed by atoms with van der Waals surface area (Å²) in [5.41, 5.74) is 0.823. The maximum absolute atomic E-state index is 5.13. The number of aliphatic imine (C=N–C) groups is 1. The fourth-order valence-electron chi connectivity index (χ4n) is 3.33. The van der Waals surface area contributed by atoms with Gasteiger partial charge in [-0.15, -0.1) is 10.2 Å². The van der Waals surface area contributed by atoms with Crippen LogP contribution in [0.25, 0.3) is 5.65 Å². The van der Waals surface area contributed by atoms with E-state index in [0.29, 0.717) is 13.2 Å². The highest BCUT2D eigenvalue weighted by Gasteiger charge is 2.22. The zero-order valence-electron chi connectivity index (χ0n) is 16.2. The van der Waals surface area contributed by atoms with Gasteiger partial charge in [0.05, 0.1) is 6.54 Å². The summed E-state index contributed by atoms with van der Waals surface area (Å²) in [5.74, 6) is 3.32. The van der Waals surface area contributed by atoms with Crippen molar-refractivity contribution < 1.29 is 4.74 Å². The Morgan fingerprint density at radius 1 is 1.36 bits per heavy atom. The van der Waals surface area contributed by atoms with Gasteiger partial charge in [-0.2, -0.15) is 5.10 Å². The number of aromatic nitrogens is 6. The first kappa shape index (κ1) is 18.4. The van der Waals surface area contributed by atoms with Crippen LogP contribution < -0.4 is 10.6 Å². The van der Waals surface area contributed by atoms with Gasteiger partial charge in [-0.25, -0.2) is 14.7 Å². The highest BCUT2D eigenvalue weighted by atomic mass is 16.5. The molecule has 3 aromatic heterocycles. The number of rotatable bonds is 6. The molecular formula is C18H25N9O. The third kappa shape index (κ3) is 3.96. The van der Waals surface area contributed by atoms with Gasteiger partial charge in [0.25, 0.3) is 0 Å². The Bertz CT molecular complexity index is 961. The molecule has 2 N–H and O–H groups in total. The minimum Gasteiger partial charge on any atom is -0.377 e. The SMILES string of the molecule is CCNC(=NCc1nnc2ccccn12)NC1CCc2nc(COC)nn2C1. The van der Waals surface area contributed by atoms with Gasteiger partial charge in [-0.3, -0.25) is 4.40 Å². The second-order valence-corrected chi connectivity index (χ2v) is 6.68. The first-order valence-corrected chi connectivity index (χ1v) is 9.52. The number of guanidine groups is 1. The highest BCUT2D eigenvalue weighted by Crippen LogP contribution is 2.13. The molecule has 0 aliphatic carbocycles. The van der Waals surface area contributed by atoms with Crippen molar-refractivity contribution in [3.8, 4) is 0 Å². The second kappa shape index (κ2) is 8.34. The molecule has 1 aliphatic heterocycles. The summed E-state index contributed by atoms with van der Waals surface area (Å²) < 4.78 is 9.05. The molecule has 0 saturated carbocycles. The van der Waals surface area contributed by atoms with Crippen LogP contribution in [0.15, 0.2) is 29.4 Å². The molecule has 4 heterocycles. The van der Waals surface area contributed by atoms with Gasteiger partial charge in [0, 0.05) is 32.3 Å². The van der Waals surface area contributed by atoms with Crippen molar-refractivity contribution in [2.24, 2.45) is 4.99 Å². The summed E-state index contributed by atoms with van der Waals surface area (Å²) in [6.07, 6.45) is 3.80. The lowest BCUT2D eigenvalue weighted by atomic mass is 10.1. The summed E-state index contributed by atoms with van der Waals surface area (Å²) in [5, 5.41) is 19.8. The van der Waals surface area contributed by atoms with Crippen molar-refractivity contribution in [2.45, 2.75) is 45.5 Å². The molecule has 0 fully saturated rings. The Labute approximate surface area is 163 Å². The molecule has 0 amide bonds. The molecule has 4 rings (SSSR count). The maximum Gasteiger partial charge on any atom is 0.191 e. The molecule has 10 nitrogen and oxygen atoms in total. The third-order valence-electron chi connectivity index (χ3n) is 4.62. The van der Waals surface area contributed by atoms with Crippen LogP contribution in [0, 0.1) is 0 Å². The van der Waals surface area contributed by atoms with Crippen molar-refractivity contribution in [1.29, 1.82) is 0 Å². The molecule has 10 heteroatoms. The van der Waals surface area contributed by atoms with E-state index in [1.165, 1.54) is 0 Å². The molecule has 148 valence electrons. The predicted molar refractivity (Wildman–Crippen MR) is 104 cm³/mol. The van der Waals surface area contributed by atoms with Gasteiger partial charge in [0.1, 0.15) is 19.0 Å². The van der Waals surface area contributed by atoms with Crippen LogP contribution in [-0.2, 0) is 30.9 Å². The minimum absolute atomic E-state index is 0.234. The smallest absolute Gasteiger partial charge is 0.191 e. The minimum atomic E-state index is 0.234. The molecule has 28 heavy (non-hydrogen) atoms. The standard InChI is InChI=1S/C18H25N9O/c1-3-19-18(20-10-17-24-23-16-6-4-5-9-26(16)17)21-13-7-8-15-22-14(12-28-2)25-27(15)11-13/h4-6,9,13H,3,7-8,10-12H2,1-2H3,(H2,19,20,21). The van der Waals surface area contributed by atoms with Crippen LogP contribution >= 0.6 is 0 Å². The molecule has 1 atom stereocenters. The van der Waals surface area contributed by atoms with Crippen LogP contribution in [0.4, 0.5) is 0 Å². The average molecular weight is 383 g/mol. The number of nitrogens with zero attached hydrogens (tertiary/aromatic N) is 7. The van der Waals surface area contributed by atoms with E-state index in [4.69, 9.17) is 9.73 Å². The normalized spacial score (nSPS) is 16.9. The Morgan fingerprint density at radius 3 is 3.14 bits per heavy atom. The van der Waals surface area contributed by atoms with E-state index in [9.17, 15) is 0 Å². The first-order chi connectivity index (χ1) is 13.8. The van der Waals surface area contributed by atoms with E-state index in [0.717, 1.165) is 55.0 Å². The van der Waals surface area contributed by atoms with E-state index in [1.54, 1.807) is 7.11 Å². The molecular weight excluding hydrogens is 358 g/mol. The number of nitrogens with one attached hydrogen (secondary N) is 2. The molecule has 0 aromatic carbocycles. The van der Waals surface area contributed by atoms with Crippen LogP contribution in [-0.4, -0.2) is 55.0 Å². The van der Waals surface area contributed by atoms with Crippen molar-refractivity contribution in [1.82, 2.24) is 40.0 Å². The lowest BCUT2D eigenvalue weighted by molar-refractivity contribution is 0.177. The third-order valence-corrected chi connectivity index (χ3v) is 4.62. The predicted octanol–water partition coefficient (Wildman–Crippen LogP) is 0.537. The van der Waals surface area contributed by atoms with Crippen molar-refractivity contribution in [3.63, 3.8) is 0 Å². The first-order valence-electron chi connectivity index (χ1n) is 9.52. The van der Waals surface area contributed by atoms with Crippen LogP contribution in [0.3, 0.4) is 0 Å². The highest BCUT2D eigenvalue weighted by molar-refractivity contribution is 5.80. The molecule has 0 spiro atoms. The summed E-state index contributed by atoms with van der Waals surface area (Å²) >= 11 is 0. The van der Waals surface area contributed by atoms with E-state index in [1.807, 2.05) is 33.5 Å². The number of hydrogen-bond acceptors (Lipinski definition) is 6. The Hall–Kier alpha value is -3.01. The van der Waals surface area contributed by atoms with Gasteiger partial charge in [-0.05, 0) is 25.5 Å². The fourth-order valence-corrected chi connectivity index (χ4v) is 3.33. The number of fused-ring (bicyclic) bond motifs is 2. The second-order valence-electron chi connectivity index (χ2n) is 6.68. The average Bonchev–Trinajstić information content (AvgIpc) is 3.30. The monoisotopic (exact) mass is 383 g/mol. The van der Waals surface area contributed by atoms with Gasteiger partial charge >= 0.3 is 0 Å². The lowest BCUT2D eigenvalue weighted by Crippen LogP contribution is -2.47. The van der Waals surface area contributed by atoms with Crippen LogP contribution in [0.5, 0.6) is 0 Å². The molecule has 1 aliphatic rings. The number of hydrogen-bond donors (Lipinski definition) is 2. The summed E-state index contributed by atoms with van der Waals surface area (Å²) in [4.78, 5) is 9.22. The number of methoxy groups -OCH3 is 1. The fraction of sp³-hybridized carbons (Fsp3) is 0.500. The molecule has 0 bridgehead atoms. The molecule has 0 radical (unpaired) electrons. The summed E-state index contributed by atoms with van der Waals surface area (Å²) in [6.45, 7) is 4.47. The van der Waals surface area contributed by atoms with Gasteiger partial charge in [0.2, 0.25) is 0 Å². The van der Waals surface area contributed by atoms with E-state index < -0.39 is 0 Å².